The first-order valence-electron chi connectivity index (χ1n) is 6.21. The van der Waals surface area contributed by atoms with Gasteiger partial charge in [0, 0.05) is 13.1 Å². The molecule has 2 aliphatic heterocycles. The molecule has 18 heavy (non-hydrogen) atoms. The molecule has 0 saturated carbocycles. The fourth-order valence-electron chi connectivity index (χ4n) is 2.88. The van der Waals surface area contributed by atoms with Crippen molar-refractivity contribution in [2.45, 2.75) is 25.0 Å². The third kappa shape index (κ3) is 1.56. The van der Waals surface area contributed by atoms with Gasteiger partial charge in [-0.25, -0.2) is 4.98 Å². The van der Waals surface area contributed by atoms with E-state index in [1.165, 1.54) is 0 Å². The van der Waals surface area contributed by atoms with E-state index < -0.39 is 0 Å². The molecule has 6 heteroatoms. The van der Waals surface area contributed by atoms with Gasteiger partial charge in [-0.2, -0.15) is 4.98 Å². The van der Waals surface area contributed by atoms with Crippen molar-refractivity contribution < 1.29 is 4.74 Å². The lowest BCUT2D eigenvalue weighted by molar-refractivity contribution is 0.0303. The number of aromatic nitrogens is 2. The van der Waals surface area contributed by atoms with Crippen LogP contribution in [0.5, 0.6) is 0 Å². The minimum Gasteiger partial charge on any atom is -0.371 e. The van der Waals surface area contributed by atoms with Crippen molar-refractivity contribution in [3.8, 4) is 0 Å². The van der Waals surface area contributed by atoms with E-state index in [1.54, 1.807) is 11.3 Å². The Balaban J connectivity index is 1.79. The Morgan fingerprint density at radius 1 is 1.28 bits per heavy atom. The zero-order valence-corrected chi connectivity index (χ0v) is 10.7. The molecule has 0 radical (unpaired) electrons. The number of hydrogen-bond acceptors (Lipinski definition) is 6. The van der Waals surface area contributed by atoms with Crippen LogP contribution in [0.2, 0.25) is 0 Å². The van der Waals surface area contributed by atoms with Crippen molar-refractivity contribution in [2.24, 2.45) is 0 Å². The molecular formula is C12H14N4OS. The molecule has 0 aliphatic carbocycles. The quantitative estimate of drug-likeness (QED) is 0.846. The molecule has 2 atom stereocenters. The zero-order valence-electron chi connectivity index (χ0n) is 9.87. The van der Waals surface area contributed by atoms with Gasteiger partial charge >= 0.3 is 0 Å². The summed E-state index contributed by atoms with van der Waals surface area (Å²) in [6.45, 7) is 1.83. The third-order valence-corrected chi connectivity index (χ3v) is 4.47. The molecule has 4 rings (SSSR count). The third-order valence-electron chi connectivity index (χ3n) is 3.67. The van der Waals surface area contributed by atoms with E-state index >= 15 is 0 Å². The van der Waals surface area contributed by atoms with Crippen LogP contribution >= 0.6 is 11.3 Å². The van der Waals surface area contributed by atoms with Crippen LogP contribution in [0.4, 0.5) is 11.8 Å². The molecule has 4 heterocycles. The number of rotatable bonds is 1. The molecule has 2 fully saturated rings. The Hall–Kier alpha value is -1.40. The van der Waals surface area contributed by atoms with Gasteiger partial charge in [0.25, 0.3) is 0 Å². The number of thiophene rings is 1. The van der Waals surface area contributed by atoms with Gasteiger partial charge in [-0.3, -0.25) is 0 Å². The van der Waals surface area contributed by atoms with Crippen molar-refractivity contribution in [2.75, 3.05) is 23.7 Å². The topological polar surface area (TPSA) is 64.3 Å². The summed E-state index contributed by atoms with van der Waals surface area (Å²) in [6.07, 6.45) is 3.03. The first-order valence-corrected chi connectivity index (χ1v) is 7.09. The van der Waals surface area contributed by atoms with Gasteiger partial charge in [-0.15, -0.1) is 11.3 Å². The molecule has 2 N–H and O–H groups in total. The molecule has 0 aromatic carbocycles. The maximum absolute atomic E-state index is 5.86. The number of anilines is 2. The summed E-state index contributed by atoms with van der Waals surface area (Å²) in [6, 6.07) is 2.08. The fraction of sp³-hybridized carbons (Fsp3) is 0.500. The van der Waals surface area contributed by atoms with Crippen molar-refractivity contribution in [3.63, 3.8) is 0 Å². The average molecular weight is 262 g/mol. The predicted molar refractivity (Wildman–Crippen MR) is 71.9 cm³/mol. The molecule has 2 aliphatic rings. The maximum atomic E-state index is 5.86. The van der Waals surface area contributed by atoms with Gasteiger partial charge in [-0.1, -0.05) is 0 Å². The number of fused-ring (bicyclic) bond motifs is 3. The zero-order chi connectivity index (χ0) is 12.1. The van der Waals surface area contributed by atoms with E-state index in [0.717, 1.165) is 42.0 Å². The van der Waals surface area contributed by atoms with Gasteiger partial charge in [-0.05, 0) is 24.3 Å². The normalized spacial score (nSPS) is 27.0. The number of nitrogens with zero attached hydrogens (tertiary/aromatic N) is 3. The van der Waals surface area contributed by atoms with Crippen molar-refractivity contribution in [3.05, 3.63) is 11.4 Å². The van der Waals surface area contributed by atoms with E-state index in [9.17, 15) is 0 Å². The van der Waals surface area contributed by atoms with Crippen molar-refractivity contribution in [1.82, 2.24) is 9.97 Å². The van der Waals surface area contributed by atoms with E-state index in [-0.39, 0.29) is 0 Å². The largest absolute Gasteiger partial charge is 0.371 e. The van der Waals surface area contributed by atoms with Crippen LogP contribution in [0.1, 0.15) is 12.8 Å². The summed E-state index contributed by atoms with van der Waals surface area (Å²) in [5.41, 5.74) is 5.80. The van der Waals surface area contributed by atoms with Crippen LogP contribution in [-0.4, -0.2) is 35.3 Å². The summed E-state index contributed by atoms with van der Waals surface area (Å²) in [7, 11) is 0. The molecule has 2 bridgehead atoms. The first-order chi connectivity index (χ1) is 8.79. The highest BCUT2D eigenvalue weighted by molar-refractivity contribution is 7.16. The van der Waals surface area contributed by atoms with Gasteiger partial charge in [0.2, 0.25) is 5.95 Å². The summed E-state index contributed by atoms with van der Waals surface area (Å²) in [5, 5.41) is 3.15. The van der Waals surface area contributed by atoms with Crippen LogP contribution < -0.4 is 10.6 Å². The molecule has 2 aromatic rings. The Kier molecular flexibility index (Phi) is 2.22. The van der Waals surface area contributed by atoms with E-state index in [1.807, 2.05) is 5.38 Å². The number of morpholine rings is 1. The van der Waals surface area contributed by atoms with Gasteiger partial charge in [0.15, 0.2) is 0 Å². The van der Waals surface area contributed by atoms with E-state index in [0.29, 0.717) is 18.2 Å². The lowest BCUT2D eigenvalue weighted by atomic mass is 10.2. The molecular weight excluding hydrogens is 248 g/mol. The molecule has 2 unspecified atom stereocenters. The minimum atomic E-state index is 0.355. The highest BCUT2D eigenvalue weighted by Crippen LogP contribution is 2.33. The Morgan fingerprint density at radius 3 is 2.83 bits per heavy atom. The Labute approximate surface area is 109 Å². The van der Waals surface area contributed by atoms with Crippen LogP contribution in [0, 0.1) is 0 Å². The van der Waals surface area contributed by atoms with Crippen LogP contribution in [0.25, 0.3) is 10.2 Å². The first kappa shape index (κ1) is 10.5. The van der Waals surface area contributed by atoms with Gasteiger partial charge < -0.3 is 15.4 Å². The van der Waals surface area contributed by atoms with Gasteiger partial charge in [0.1, 0.15) is 10.6 Å². The predicted octanol–water partition coefficient (Wildman–Crippen LogP) is 1.64. The molecule has 0 amide bonds. The van der Waals surface area contributed by atoms with Crippen molar-refractivity contribution >= 4 is 33.3 Å². The van der Waals surface area contributed by atoms with Crippen molar-refractivity contribution in [1.29, 1.82) is 0 Å². The van der Waals surface area contributed by atoms with Gasteiger partial charge in [0.05, 0.1) is 17.6 Å². The monoisotopic (exact) mass is 262 g/mol. The summed E-state index contributed by atoms with van der Waals surface area (Å²) in [5.74, 6) is 1.33. The van der Waals surface area contributed by atoms with Crippen LogP contribution in [0.15, 0.2) is 11.4 Å². The molecule has 0 spiro atoms. The SMILES string of the molecule is Nc1nc(N2CC3CCC(C2)O3)c2ccsc2n1. The summed E-state index contributed by atoms with van der Waals surface area (Å²) in [4.78, 5) is 12.0. The standard InChI is InChI=1S/C12H14N4OS/c13-12-14-10(9-3-4-18-11(9)15-12)16-5-7-1-2-8(6-16)17-7/h3-4,7-8H,1-2,5-6H2,(H2,13,14,15). The average Bonchev–Trinajstić information content (AvgIpc) is 2.94. The Morgan fingerprint density at radius 2 is 2.06 bits per heavy atom. The number of nitrogens with two attached hydrogens (primary N) is 1. The van der Waals surface area contributed by atoms with Crippen LogP contribution in [-0.2, 0) is 4.74 Å². The smallest absolute Gasteiger partial charge is 0.223 e. The second kappa shape index (κ2) is 3.80. The second-order valence-corrected chi connectivity index (χ2v) is 5.80. The Bertz CT molecular complexity index is 587. The molecule has 2 aromatic heterocycles. The summed E-state index contributed by atoms with van der Waals surface area (Å²) < 4.78 is 5.86. The number of ether oxygens (including phenoxy) is 1. The molecule has 2 saturated heterocycles. The number of hydrogen-bond donors (Lipinski definition) is 1. The molecule has 5 nitrogen and oxygen atoms in total. The molecule has 94 valence electrons. The van der Waals surface area contributed by atoms with E-state index in [2.05, 4.69) is 20.9 Å². The minimum absolute atomic E-state index is 0.355. The van der Waals surface area contributed by atoms with Crippen LogP contribution in [0.3, 0.4) is 0 Å². The fourth-order valence-corrected chi connectivity index (χ4v) is 3.65. The summed E-state index contributed by atoms with van der Waals surface area (Å²) >= 11 is 1.61. The second-order valence-electron chi connectivity index (χ2n) is 4.91. The highest BCUT2D eigenvalue weighted by atomic mass is 32.1. The lowest BCUT2D eigenvalue weighted by Gasteiger charge is -2.33. The lowest BCUT2D eigenvalue weighted by Crippen LogP contribution is -2.43. The maximum Gasteiger partial charge on any atom is 0.223 e. The number of nitrogen functional groups attached to an aromatic ring is 1. The highest BCUT2D eigenvalue weighted by Gasteiger charge is 2.34. The van der Waals surface area contributed by atoms with E-state index in [4.69, 9.17) is 10.5 Å².